The third-order valence-corrected chi connectivity index (χ3v) is 5.67. The summed E-state index contributed by atoms with van der Waals surface area (Å²) in [5.74, 6) is 0.0483. The topological polar surface area (TPSA) is 54.3 Å². The molecule has 6 heteroatoms. The van der Waals surface area contributed by atoms with Crippen molar-refractivity contribution in [1.82, 2.24) is 24.6 Å². The van der Waals surface area contributed by atoms with Crippen LogP contribution in [0.1, 0.15) is 34.9 Å². The van der Waals surface area contributed by atoms with Gasteiger partial charge in [-0.15, -0.1) is 0 Å². The Kier molecular flexibility index (Phi) is 4.13. The van der Waals surface area contributed by atoms with Crippen LogP contribution < -0.4 is 0 Å². The largest absolute Gasteiger partial charge is 0.331 e. The van der Waals surface area contributed by atoms with Crippen LogP contribution in [0.5, 0.6) is 0 Å². The molecule has 1 fully saturated rings. The first kappa shape index (κ1) is 16.4. The molecular formula is C21H23N5O. The maximum absolute atomic E-state index is 13.2. The lowest BCUT2D eigenvalue weighted by atomic mass is 10.1. The maximum atomic E-state index is 13.2. The van der Waals surface area contributed by atoms with Crippen LogP contribution in [0.4, 0.5) is 0 Å². The van der Waals surface area contributed by atoms with Crippen LogP contribution in [0.15, 0.2) is 48.8 Å². The number of amides is 1. The quantitative estimate of drug-likeness (QED) is 0.720. The van der Waals surface area contributed by atoms with Crippen molar-refractivity contribution in [1.29, 1.82) is 0 Å². The SMILES string of the molecule is O=C(c1cnc2ccccc2c1)N1Cc2ccnn2[C@@H](CN2CCCC2)C1. The van der Waals surface area contributed by atoms with Crippen LogP contribution in [0.3, 0.4) is 0 Å². The molecular weight excluding hydrogens is 338 g/mol. The molecule has 0 saturated carbocycles. The number of pyridine rings is 1. The molecule has 1 atom stereocenters. The van der Waals surface area contributed by atoms with Crippen LogP contribution in [0.2, 0.25) is 0 Å². The van der Waals surface area contributed by atoms with E-state index in [-0.39, 0.29) is 11.9 Å². The second-order valence-electron chi connectivity index (χ2n) is 7.53. The van der Waals surface area contributed by atoms with Gasteiger partial charge in [-0.25, -0.2) is 0 Å². The van der Waals surface area contributed by atoms with Crippen molar-refractivity contribution in [3.05, 3.63) is 60.0 Å². The molecule has 0 unspecified atom stereocenters. The Bertz CT molecular complexity index is 975. The van der Waals surface area contributed by atoms with Crippen LogP contribution in [-0.4, -0.2) is 56.7 Å². The Labute approximate surface area is 158 Å². The number of para-hydroxylation sites is 1. The minimum atomic E-state index is 0.0483. The molecule has 2 aliphatic rings. The Morgan fingerprint density at radius 3 is 2.89 bits per heavy atom. The van der Waals surface area contributed by atoms with Gasteiger partial charge in [-0.1, -0.05) is 18.2 Å². The third-order valence-electron chi connectivity index (χ3n) is 5.67. The van der Waals surface area contributed by atoms with Crippen molar-refractivity contribution >= 4 is 16.8 Å². The van der Waals surface area contributed by atoms with Gasteiger partial charge in [0.25, 0.3) is 5.91 Å². The van der Waals surface area contributed by atoms with E-state index in [1.807, 2.05) is 47.5 Å². The molecule has 3 aromatic rings. The fraction of sp³-hybridized carbons (Fsp3) is 0.381. The number of aromatic nitrogens is 3. The summed E-state index contributed by atoms with van der Waals surface area (Å²) in [5, 5.41) is 5.53. The summed E-state index contributed by atoms with van der Waals surface area (Å²) in [4.78, 5) is 22.1. The van der Waals surface area contributed by atoms with Gasteiger partial charge in [0, 0.05) is 30.9 Å². The number of benzene rings is 1. The highest BCUT2D eigenvalue weighted by atomic mass is 16.2. The van der Waals surface area contributed by atoms with E-state index in [0.29, 0.717) is 18.7 Å². The van der Waals surface area contributed by atoms with Crippen LogP contribution in [0.25, 0.3) is 10.9 Å². The Hall–Kier alpha value is -2.73. The average Bonchev–Trinajstić information content (AvgIpc) is 3.38. The predicted octanol–water partition coefficient (Wildman–Crippen LogP) is 2.72. The molecule has 1 saturated heterocycles. The van der Waals surface area contributed by atoms with E-state index in [4.69, 9.17) is 0 Å². The number of hydrogen-bond acceptors (Lipinski definition) is 4. The van der Waals surface area contributed by atoms with E-state index in [9.17, 15) is 4.79 Å². The number of hydrogen-bond donors (Lipinski definition) is 0. The normalized spacial score (nSPS) is 20.1. The van der Waals surface area contributed by atoms with Gasteiger partial charge in [0.05, 0.1) is 29.4 Å². The molecule has 0 spiro atoms. The highest BCUT2D eigenvalue weighted by Gasteiger charge is 2.31. The van der Waals surface area contributed by atoms with E-state index in [1.54, 1.807) is 6.20 Å². The van der Waals surface area contributed by atoms with Gasteiger partial charge in [0.1, 0.15) is 0 Å². The summed E-state index contributed by atoms with van der Waals surface area (Å²) in [6.07, 6.45) is 6.08. The zero-order valence-electron chi connectivity index (χ0n) is 15.3. The molecule has 2 aromatic heterocycles. The Morgan fingerprint density at radius 1 is 1.15 bits per heavy atom. The lowest BCUT2D eigenvalue weighted by molar-refractivity contribution is 0.0646. The second kappa shape index (κ2) is 6.78. The molecule has 0 radical (unpaired) electrons. The fourth-order valence-corrected chi connectivity index (χ4v) is 4.31. The van der Waals surface area contributed by atoms with Gasteiger partial charge in [0.15, 0.2) is 0 Å². The van der Waals surface area contributed by atoms with Gasteiger partial charge >= 0.3 is 0 Å². The fourth-order valence-electron chi connectivity index (χ4n) is 4.31. The van der Waals surface area contributed by atoms with Crippen molar-refractivity contribution in [3.8, 4) is 0 Å². The number of likely N-dealkylation sites (tertiary alicyclic amines) is 1. The highest BCUT2D eigenvalue weighted by Crippen LogP contribution is 2.24. The van der Waals surface area contributed by atoms with Crippen molar-refractivity contribution < 1.29 is 4.79 Å². The van der Waals surface area contributed by atoms with E-state index in [0.717, 1.165) is 36.2 Å². The minimum Gasteiger partial charge on any atom is -0.331 e. The van der Waals surface area contributed by atoms with Crippen LogP contribution >= 0.6 is 0 Å². The zero-order chi connectivity index (χ0) is 18.2. The van der Waals surface area contributed by atoms with Gasteiger partial charge in [-0.3, -0.25) is 14.5 Å². The lowest BCUT2D eigenvalue weighted by Crippen LogP contribution is -2.45. The Balaban J connectivity index is 1.41. The number of rotatable bonds is 3. The molecule has 0 N–H and O–H groups in total. The molecule has 1 amide bonds. The van der Waals surface area contributed by atoms with E-state index in [1.165, 1.54) is 12.8 Å². The molecule has 6 nitrogen and oxygen atoms in total. The summed E-state index contributed by atoms with van der Waals surface area (Å²) in [6.45, 7) is 4.54. The van der Waals surface area contributed by atoms with Gasteiger partial charge < -0.3 is 9.80 Å². The van der Waals surface area contributed by atoms with Crippen molar-refractivity contribution in [3.63, 3.8) is 0 Å². The summed E-state index contributed by atoms with van der Waals surface area (Å²) < 4.78 is 2.11. The molecule has 138 valence electrons. The molecule has 0 aliphatic carbocycles. The van der Waals surface area contributed by atoms with Crippen LogP contribution in [-0.2, 0) is 6.54 Å². The minimum absolute atomic E-state index is 0.0483. The summed E-state index contributed by atoms with van der Waals surface area (Å²) in [5.41, 5.74) is 2.67. The molecule has 27 heavy (non-hydrogen) atoms. The summed E-state index contributed by atoms with van der Waals surface area (Å²) in [7, 11) is 0. The average molecular weight is 361 g/mol. The van der Waals surface area contributed by atoms with Gasteiger partial charge in [0.2, 0.25) is 0 Å². The maximum Gasteiger partial charge on any atom is 0.255 e. The monoisotopic (exact) mass is 361 g/mol. The van der Waals surface area contributed by atoms with Crippen LogP contribution in [0, 0.1) is 0 Å². The first-order valence-corrected chi connectivity index (χ1v) is 9.67. The molecule has 0 bridgehead atoms. The smallest absolute Gasteiger partial charge is 0.255 e. The molecule has 1 aromatic carbocycles. The van der Waals surface area contributed by atoms with E-state index >= 15 is 0 Å². The van der Waals surface area contributed by atoms with Crippen molar-refractivity contribution in [2.75, 3.05) is 26.2 Å². The van der Waals surface area contributed by atoms with E-state index < -0.39 is 0 Å². The third kappa shape index (κ3) is 3.10. The van der Waals surface area contributed by atoms with Crippen molar-refractivity contribution in [2.24, 2.45) is 0 Å². The first-order chi connectivity index (χ1) is 13.3. The lowest BCUT2D eigenvalue weighted by Gasteiger charge is -2.35. The molecule has 2 aliphatic heterocycles. The van der Waals surface area contributed by atoms with Gasteiger partial charge in [-0.2, -0.15) is 5.10 Å². The summed E-state index contributed by atoms with van der Waals surface area (Å²) in [6, 6.07) is 12.1. The Morgan fingerprint density at radius 2 is 2.00 bits per heavy atom. The number of nitrogens with zero attached hydrogens (tertiary/aromatic N) is 5. The number of fused-ring (bicyclic) bond motifs is 2. The van der Waals surface area contributed by atoms with Gasteiger partial charge in [-0.05, 0) is 44.1 Å². The molecule has 4 heterocycles. The zero-order valence-corrected chi connectivity index (χ0v) is 15.3. The number of carbonyl (C=O) groups is 1. The summed E-state index contributed by atoms with van der Waals surface area (Å²) >= 11 is 0. The number of carbonyl (C=O) groups excluding carboxylic acids is 1. The first-order valence-electron chi connectivity index (χ1n) is 9.67. The molecule has 5 rings (SSSR count). The van der Waals surface area contributed by atoms with E-state index in [2.05, 4.69) is 19.7 Å². The second-order valence-corrected chi connectivity index (χ2v) is 7.53. The standard InChI is InChI=1S/C21H23N5O/c27-21(17-11-16-5-1-2-6-20(16)22-12-17)25-14-18-7-8-23-26(18)19(15-25)13-24-9-3-4-10-24/h1-2,5-8,11-12,19H,3-4,9-10,13-15H2/t19-/m0/s1. The highest BCUT2D eigenvalue weighted by molar-refractivity contribution is 5.97. The predicted molar refractivity (Wildman–Crippen MR) is 103 cm³/mol. The van der Waals surface area contributed by atoms with Crippen molar-refractivity contribution in [2.45, 2.75) is 25.4 Å².